The lowest BCUT2D eigenvalue weighted by Crippen LogP contribution is -2.26. The molecule has 2 aliphatic heterocycles. The molecule has 3 nitrogen and oxygen atoms in total. The number of rotatable bonds is 2. The molecule has 110 valence electrons. The number of halogens is 1. The third kappa shape index (κ3) is 3.12. The summed E-state index contributed by atoms with van der Waals surface area (Å²) in [7, 11) is 0. The minimum atomic E-state index is 0.0542. The van der Waals surface area contributed by atoms with Crippen molar-refractivity contribution in [3.8, 4) is 11.5 Å². The van der Waals surface area contributed by atoms with Crippen molar-refractivity contribution in [1.29, 1.82) is 0 Å². The van der Waals surface area contributed by atoms with Gasteiger partial charge in [-0.15, -0.1) is 0 Å². The van der Waals surface area contributed by atoms with Gasteiger partial charge in [-0.1, -0.05) is 29.8 Å². The Kier molecular flexibility index (Phi) is 3.95. The summed E-state index contributed by atoms with van der Waals surface area (Å²) >= 11 is 3.67. The third-order valence-corrected chi connectivity index (χ3v) is 4.72. The van der Waals surface area contributed by atoms with Crippen LogP contribution in [-0.2, 0) is 6.42 Å². The smallest absolute Gasteiger partial charge is 0.162 e. The molecule has 0 bridgehead atoms. The second kappa shape index (κ2) is 5.57. The van der Waals surface area contributed by atoms with Crippen molar-refractivity contribution in [3.05, 3.63) is 22.2 Å². The summed E-state index contributed by atoms with van der Waals surface area (Å²) in [5.41, 5.74) is 1.35. The molecular weight excluding hydrogens is 318 g/mol. The van der Waals surface area contributed by atoms with E-state index < -0.39 is 0 Å². The maximum atomic E-state index is 5.96. The Labute approximate surface area is 129 Å². The van der Waals surface area contributed by atoms with Crippen molar-refractivity contribution >= 4 is 15.9 Å². The van der Waals surface area contributed by atoms with Gasteiger partial charge in [0.2, 0.25) is 0 Å². The highest BCUT2D eigenvalue weighted by Gasteiger charge is 2.26. The molecule has 2 heterocycles. The van der Waals surface area contributed by atoms with Gasteiger partial charge in [0, 0.05) is 15.9 Å². The zero-order valence-electron chi connectivity index (χ0n) is 12.2. The lowest BCUT2D eigenvalue weighted by molar-refractivity contribution is 0.140. The van der Waals surface area contributed by atoms with Crippen molar-refractivity contribution in [2.24, 2.45) is 5.41 Å². The molecule has 1 aromatic rings. The van der Waals surface area contributed by atoms with Crippen molar-refractivity contribution in [2.75, 3.05) is 19.8 Å². The zero-order chi connectivity index (χ0) is 14.2. The first-order chi connectivity index (χ1) is 9.53. The summed E-state index contributed by atoms with van der Waals surface area (Å²) in [5, 5.41) is 3.54. The molecule has 0 spiro atoms. The Balaban J connectivity index is 1.82. The van der Waals surface area contributed by atoms with E-state index in [1.54, 1.807) is 0 Å². The van der Waals surface area contributed by atoms with Gasteiger partial charge < -0.3 is 14.8 Å². The number of nitrogens with one attached hydrogen (secondary N) is 1. The summed E-state index contributed by atoms with van der Waals surface area (Å²) in [4.78, 5) is 0. The predicted molar refractivity (Wildman–Crippen MR) is 83.6 cm³/mol. The first kappa shape index (κ1) is 14.2. The van der Waals surface area contributed by atoms with Crippen LogP contribution in [0.5, 0.6) is 11.5 Å². The van der Waals surface area contributed by atoms with Crippen LogP contribution in [0.15, 0.2) is 16.6 Å². The minimum absolute atomic E-state index is 0.0542. The van der Waals surface area contributed by atoms with E-state index in [1.165, 1.54) is 18.4 Å². The Morgan fingerprint density at radius 1 is 1.25 bits per heavy atom. The van der Waals surface area contributed by atoms with Crippen molar-refractivity contribution in [1.82, 2.24) is 5.32 Å². The predicted octanol–water partition coefficient (Wildman–Crippen LogP) is 3.54. The SMILES string of the molecule is CC1(C)COc2cc(Br)c(CC3CCCN3)cc2OC1. The monoisotopic (exact) mass is 339 g/mol. The molecule has 1 N–H and O–H groups in total. The standard InChI is InChI=1S/C16H22BrNO2/c1-16(2)9-19-14-7-11(6-12-4-3-5-18-12)13(17)8-15(14)20-10-16/h7-8,12,18H,3-6,9-10H2,1-2H3. The number of ether oxygens (including phenoxy) is 2. The van der Waals surface area contributed by atoms with Crippen LogP contribution >= 0.6 is 15.9 Å². The third-order valence-electron chi connectivity index (χ3n) is 3.98. The molecule has 3 rings (SSSR count). The number of fused-ring (bicyclic) bond motifs is 1. The molecule has 1 unspecified atom stereocenters. The van der Waals surface area contributed by atoms with E-state index in [-0.39, 0.29) is 5.41 Å². The molecule has 1 saturated heterocycles. The highest BCUT2D eigenvalue weighted by atomic mass is 79.9. The van der Waals surface area contributed by atoms with Gasteiger partial charge >= 0.3 is 0 Å². The van der Waals surface area contributed by atoms with Crippen molar-refractivity contribution < 1.29 is 9.47 Å². The first-order valence-electron chi connectivity index (χ1n) is 7.35. The molecule has 0 aliphatic carbocycles. The van der Waals surface area contributed by atoms with E-state index in [0.29, 0.717) is 19.3 Å². The summed E-state index contributed by atoms with van der Waals surface area (Å²) in [6, 6.07) is 4.79. The van der Waals surface area contributed by atoms with Crippen LogP contribution in [-0.4, -0.2) is 25.8 Å². The van der Waals surface area contributed by atoms with E-state index in [4.69, 9.17) is 9.47 Å². The quantitative estimate of drug-likeness (QED) is 0.893. The Bertz CT molecular complexity index is 495. The van der Waals surface area contributed by atoms with Gasteiger partial charge in [-0.3, -0.25) is 0 Å². The maximum Gasteiger partial charge on any atom is 0.162 e. The maximum absolute atomic E-state index is 5.96. The molecule has 4 heteroatoms. The molecule has 0 amide bonds. The summed E-state index contributed by atoms with van der Waals surface area (Å²) in [6.45, 7) is 6.86. The Morgan fingerprint density at radius 3 is 2.60 bits per heavy atom. The minimum Gasteiger partial charge on any atom is -0.489 e. The van der Waals surface area contributed by atoms with E-state index in [0.717, 1.165) is 28.9 Å². The Hall–Kier alpha value is -0.740. The highest BCUT2D eigenvalue weighted by Crippen LogP contribution is 2.38. The number of hydrogen-bond donors (Lipinski definition) is 1. The molecular formula is C16H22BrNO2. The summed E-state index contributed by atoms with van der Waals surface area (Å²) in [5.74, 6) is 1.73. The summed E-state index contributed by atoms with van der Waals surface area (Å²) < 4.78 is 13.0. The molecule has 20 heavy (non-hydrogen) atoms. The van der Waals surface area contributed by atoms with Crippen molar-refractivity contribution in [2.45, 2.75) is 39.2 Å². The van der Waals surface area contributed by atoms with Gasteiger partial charge in [0.25, 0.3) is 0 Å². The fourth-order valence-corrected chi connectivity index (χ4v) is 3.23. The lowest BCUT2D eigenvalue weighted by atomic mass is 9.97. The summed E-state index contributed by atoms with van der Waals surface area (Å²) in [6.07, 6.45) is 3.58. The Morgan fingerprint density at radius 2 is 1.95 bits per heavy atom. The van der Waals surface area contributed by atoms with E-state index in [2.05, 4.69) is 47.2 Å². The van der Waals surface area contributed by atoms with Crippen LogP contribution in [0.4, 0.5) is 0 Å². The molecule has 2 aliphatic rings. The van der Waals surface area contributed by atoms with Gasteiger partial charge in [0.15, 0.2) is 11.5 Å². The van der Waals surface area contributed by atoms with Gasteiger partial charge in [0.1, 0.15) is 0 Å². The topological polar surface area (TPSA) is 30.5 Å². The molecule has 1 aromatic carbocycles. The molecule has 0 aromatic heterocycles. The van der Waals surface area contributed by atoms with Gasteiger partial charge in [0.05, 0.1) is 13.2 Å². The van der Waals surface area contributed by atoms with E-state index >= 15 is 0 Å². The molecule has 0 radical (unpaired) electrons. The molecule has 1 fully saturated rings. The van der Waals surface area contributed by atoms with Crippen LogP contribution < -0.4 is 14.8 Å². The zero-order valence-corrected chi connectivity index (χ0v) is 13.8. The van der Waals surface area contributed by atoms with Crippen LogP contribution in [0, 0.1) is 5.41 Å². The average Bonchev–Trinajstić information content (AvgIpc) is 2.85. The first-order valence-corrected chi connectivity index (χ1v) is 8.14. The van der Waals surface area contributed by atoms with Crippen LogP contribution in [0.2, 0.25) is 0 Å². The van der Waals surface area contributed by atoms with Crippen LogP contribution in [0.25, 0.3) is 0 Å². The van der Waals surface area contributed by atoms with E-state index in [9.17, 15) is 0 Å². The van der Waals surface area contributed by atoms with Gasteiger partial charge in [-0.2, -0.15) is 0 Å². The highest BCUT2D eigenvalue weighted by molar-refractivity contribution is 9.10. The normalized spacial score (nSPS) is 24.4. The lowest BCUT2D eigenvalue weighted by Gasteiger charge is -2.19. The molecule has 1 atom stereocenters. The fraction of sp³-hybridized carbons (Fsp3) is 0.625. The van der Waals surface area contributed by atoms with Crippen LogP contribution in [0.3, 0.4) is 0 Å². The van der Waals surface area contributed by atoms with Crippen LogP contribution in [0.1, 0.15) is 32.3 Å². The fourth-order valence-electron chi connectivity index (χ4n) is 2.74. The van der Waals surface area contributed by atoms with Gasteiger partial charge in [-0.05, 0) is 43.5 Å². The second-order valence-corrected chi connectivity index (χ2v) is 7.48. The van der Waals surface area contributed by atoms with E-state index in [1.807, 2.05) is 0 Å². The number of benzene rings is 1. The molecule has 0 saturated carbocycles. The largest absolute Gasteiger partial charge is 0.489 e. The average molecular weight is 340 g/mol. The number of hydrogen-bond acceptors (Lipinski definition) is 3. The van der Waals surface area contributed by atoms with Gasteiger partial charge in [-0.25, -0.2) is 0 Å². The second-order valence-electron chi connectivity index (χ2n) is 6.63. The van der Waals surface area contributed by atoms with Crippen molar-refractivity contribution in [3.63, 3.8) is 0 Å².